The van der Waals surface area contributed by atoms with Crippen molar-refractivity contribution >= 4 is 16.6 Å². The van der Waals surface area contributed by atoms with Crippen molar-refractivity contribution in [2.75, 3.05) is 0 Å². The van der Waals surface area contributed by atoms with Crippen molar-refractivity contribution in [3.63, 3.8) is 0 Å². The molecule has 0 N–H and O–H groups in total. The number of carbonyl (C=O) groups is 1. The van der Waals surface area contributed by atoms with Crippen molar-refractivity contribution in [1.29, 1.82) is 0 Å². The van der Waals surface area contributed by atoms with Crippen molar-refractivity contribution in [3.05, 3.63) is 77.9 Å². The number of Topliss-reactive ketones (excluding diaryl/α,β-unsaturated/α-hetero) is 1. The van der Waals surface area contributed by atoms with Gasteiger partial charge in [-0.05, 0) is 22.4 Å². The minimum absolute atomic E-state index is 0.0583. The lowest BCUT2D eigenvalue weighted by molar-refractivity contribution is 0.0826. The minimum atomic E-state index is -0.409. The Labute approximate surface area is 123 Å². The van der Waals surface area contributed by atoms with Crippen LogP contribution in [0.15, 0.2) is 66.7 Å². The molecule has 3 aromatic rings. The number of ether oxygens (including phenoxy) is 1. The van der Waals surface area contributed by atoms with Crippen molar-refractivity contribution in [1.82, 2.24) is 0 Å². The third-order valence-electron chi connectivity index (χ3n) is 3.99. The third kappa shape index (κ3) is 2.00. The molecule has 1 atom stereocenters. The SMILES string of the molecule is O=C(c1cccc2ccccc12)C1Cc2ccccc2O1. The van der Waals surface area contributed by atoms with E-state index in [0.29, 0.717) is 6.42 Å². The molecule has 21 heavy (non-hydrogen) atoms. The topological polar surface area (TPSA) is 26.3 Å². The normalized spacial score (nSPS) is 16.5. The van der Waals surface area contributed by atoms with E-state index in [4.69, 9.17) is 4.74 Å². The highest BCUT2D eigenvalue weighted by Gasteiger charge is 2.30. The molecule has 1 unspecified atom stereocenters. The molecule has 3 aromatic carbocycles. The average Bonchev–Trinajstić information content (AvgIpc) is 2.97. The zero-order chi connectivity index (χ0) is 14.2. The molecule has 0 fully saturated rings. The van der Waals surface area contributed by atoms with E-state index in [9.17, 15) is 4.79 Å². The molecule has 2 heteroatoms. The average molecular weight is 274 g/mol. The third-order valence-corrected chi connectivity index (χ3v) is 3.99. The number of hydrogen-bond donors (Lipinski definition) is 0. The van der Waals surface area contributed by atoms with Crippen LogP contribution in [0, 0.1) is 0 Å². The predicted octanol–water partition coefficient (Wildman–Crippen LogP) is 4.03. The quantitative estimate of drug-likeness (QED) is 0.660. The van der Waals surface area contributed by atoms with E-state index in [2.05, 4.69) is 0 Å². The van der Waals surface area contributed by atoms with E-state index in [0.717, 1.165) is 27.6 Å². The molecule has 2 nitrogen and oxygen atoms in total. The van der Waals surface area contributed by atoms with Gasteiger partial charge in [0.25, 0.3) is 0 Å². The summed E-state index contributed by atoms with van der Waals surface area (Å²) in [5, 5.41) is 2.07. The number of rotatable bonds is 2. The van der Waals surface area contributed by atoms with E-state index >= 15 is 0 Å². The number of benzene rings is 3. The number of para-hydroxylation sites is 1. The van der Waals surface area contributed by atoms with Crippen molar-refractivity contribution in [3.8, 4) is 5.75 Å². The lowest BCUT2D eigenvalue weighted by Gasteiger charge is -2.11. The van der Waals surface area contributed by atoms with Gasteiger partial charge in [-0.15, -0.1) is 0 Å². The molecule has 0 bridgehead atoms. The number of hydrogen-bond acceptors (Lipinski definition) is 2. The Morgan fingerprint density at radius 2 is 1.67 bits per heavy atom. The predicted molar refractivity (Wildman–Crippen MR) is 82.8 cm³/mol. The minimum Gasteiger partial charge on any atom is -0.482 e. The van der Waals surface area contributed by atoms with Gasteiger partial charge in [-0.3, -0.25) is 4.79 Å². The van der Waals surface area contributed by atoms with Crippen LogP contribution in [0.4, 0.5) is 0 Å². The van der Waals surface area contributed by atoms with E-state index < -0.39 is 6.10 Å². The van der Waals surface area contributed by atoms with E-state index in [1.54, 1.807) is 0 Å². The smallest absolute Gasteiger partial charge is 0.204 e. The molecule has 1 heterocycles. The Morgan fingerprint density at radius 3 is 2.57 bits per heavy atom. The Morgan fingerprint density at radius 1 is 0.905 bits per heavy atom. The van der Waals surface area contributed by atoms with Gasteiger partial charge in [0.15, 0.2) is 6.10 Å². The van der Waals surface area contributed by atoms with Crippen LogP contribution in [0.3, 0.4) is 0 Å². The van der Waals surface area contributed by atoms with Gasteiger partial charge in [0.2, 0.25) is 5.78 Å². The molecule has 0 aromatic heterocycles. The van der Waals surface area contributed by atoms with Crippen LogP contribution in [0.1, 0.15) is 15.9 Å². The van der Waals surface area contributed by atoms with Gasteiger partial charge < -0.3 is 4.74 Å². The summed E-state index contributed by atoms with van der Waals surface area (Å²) in [7, 11) is 0. The van der Waals surface area contributed by atoms with Crippen molar-refractivity contribution in [2.45, 2.75) is 12.5 Å². The van der Waals surface area contributed by atoms with Gasteiger partial charge in [0, 0.05) is 12.0 Å². The van der Waals surface area contributed by atoms with Gasteiger partial charge in [0.1, 0.15) is 5.75 Å². The molecule has 1 aliphatic heterocycles. The first-order chi connectivity index (χ1) is 10.3. The van der Waals surface area contributed by atoms with Gasteiger partial charge in [-0.25, -0.2) is 0 Å². The fourth-order valence-electron chi connectivity index (χ4n) is 2.94. The molecule has 4 rings (SSSR count). The summed E-state index contributed by atoms with van der Waals surface area (Å²) < 4.78 is 5.82. The van der Waals surface area contributed by atoms with E-state index in [1.165, 1.54) is 0 Å². The molecule has 0 saturated carbocycles. The van der Waals surface area contributed by atoms with Gasteiger partial charge in [-0.2, -0.15) is 0 Å². The first-order valence-corrected chi connectivity index (χ1v) is 7.09. The maximum absolute atomic E-state index is 12.8. The molecule has 0 amide bonds. The molecule has 102 valence electrons. The standard InChI is InChI=1S/C19H14O2/c20-19(18-12-14-7-2-4-11-17(14)21-18)16-10-5-8-13-6-1-3-9-15(13)16/h1-11,18H,12H2. The van der Waals surface area contributed by atoms with Crippen LogP contribution in [0.25, 0.3) is 10.8 Å². The largest absolute Gasteiger partial charge is 0.482 e. The maximum atomic E-state index is 12.8. The molecular formula is C19H14O2. The highest BCUT2D eigenvalue weighted by Crippen LogP contribution is 2.31. The van der Waals surface area contributed by atoms with Crippen LogP contribution in [-0.2, 0) is 6.42 Å². The second kappa shape index (κ2) is 4.74. The first kappa shape index (κ1) is 12.2. The van der Waals surface area contributed by atoms with Gasteiger partial charge >= 0.3 is 0 Å². The summed E-state index contributed by atoms with van der Waals surface area (Å²) in [6, 6.07) is 21.7. The Kier molecular flexibility index (Phi) is 2.74. The molecule has 0 saturated heterocycles. The van der Waals surface area contributed by atoms with Crippen LogP contribution in [-0.4, -0.2) is 11.9 Å². The monoisotopic (exact) mass is 274 g/mol. The Hall–Kier alpha value is -2.61. The lowest BCUT2D eigenvalue weighted by Crippen LogP contribution is -2.25. The van der Waals surface area contributed by atoms with Crippen molar-refractivity contribution < 1.29 is 9.53 Å². The Balaban J connectivity index is 1.72. The molecule has 0 aliphatic carbocycles. The van der Waals surface area contributed by atoms with E-state index in [1.807, 2.05) is 66.7 Å². The summed E-state index contributed by atoms with van der Waals surface area (Å²) in [6.07, 6.45) is 0.242. The fraction of sp³-hybridized carbons (Fsp3) is 0.105. The summed E-state index contributed by atoms with van der Waals surface area (Å²) in [4.78, 5) is 12.8. The van der Waals surface area contributed by atoms with Crippen LogP contribution in [0.5, 0.6) is 5.75 Å². The summed E-state index contributed by atoms with van der Waals surface area (Å²) in [6.45, 7) is 0. The number of fused-ring (bicyclic) bond motifs is 2. The van der Waals surface area contributed by atoms with E-state index in [-0.39, 0.29) is 5.78 Å². The lowest BCUT2D eigenvalue weighted by atomic mass is 9.97. The Bertz CT molecular complexity index is 805. The second-order valence-corrected chi connectivity index (χ2v) is 5.31. The second-order valence-electron chi connectivity index (χ2n) is 5.31. The zero-order valence-electron chi connectivity index (χ0n) is 11.5. The number of carbonyl (C=O) groups excluding carboxylic acids is 1. The van der Waals surface area contributed by atoms with Crippen LogP contribution in [0.2, 0.25) is 0 Å². The summed E-state index contributed by atoms with van der Waals surface area (Å²) in [5.41, 5.74) is 1.85. The molecule has 0 radical (unpaired) electrons. The van der Waals surface area contributed by atoms with Gasteiger partial charge in [0.05, 0.1) is 0 Å². The van der Waals surface area contributed by atoms with Crippen LogP contribution >= 0.6 is 0 Å². The summed E-state index contributed by atoms with van der Waals surface area (Å²) in [5.74, 6) is 0.888. The first-order valence-electron chi connectivity index (χ1n) is 7.09. The van der Waals surface area contributed by atoms with Gasteiger partial charge in [-0.1, -0.05) is 60.7 Å². The fourth-order valence-corrected chi connectivity index (χ4v) is 2.94. The van der Waals surface area contributed by atoms with Crippen LogP contribution < -0.4 is 4.74 Å². The molecule has 0 spiro atoms. The number of ketones is 1. The van der Waals surface area contributed by atoms with Crippen molar-refractivity contribution in [2.24, 2.45) is 0 Å². The molecular weight excluding hydrogens is 260 g/mol. The zero-order valence-corrected chi connectivity index (χ0v) is 11.5. The summed E-state index contributed by atoms with van der Waals surface area (Å²) >= 11 is 0. The maximum Gasteiger partial charge on any atom is 0.204 e. The highest BCUT2D eigenvalue weighted by atomic mass is 16.5. The highest BCUT2D eigenvalue weighted by molar-refractivity contribution is 6.10. The molecule has 1 aliphatic rings.